The summed E-state index contributed by atoms with van der Waals surface area (Å²) in [6, 6.07) is 5.07. The fraction of sp³-hybridized carbons (Fsp3) is 0.588. The van der Waals surface area contributed by atoms with Gasteiger partial charge in [-0.25, -0.2) is 4.79 Å². The Kier molecular flexibility index (Phi) is 6.40. The van der Waals surface area contributed by atoms with Crippen molar-refractivity contribution in [2.45, 2.75) is 25.8 Å². The number of hydrogen-bond acceptors (Lipinski definition) is 3. The number of aromatic nitrogens is 1. The summed E-state index contributed by atoms with van der Waals surface area (Å²) in [4.78, 5) is 39.0. The number of nitrogens with one attached hydrogen (secondary N) is 1. The maximum absolute atomic E-state index is 12.2. The lowest BCUT2D eigenvalue weighted by Gasteiger charge is -2.33. The van der Waals surface area contributed by atoms with Crippen LogP contribution < -0.4 is 10.9 Å². The van der Waals surface area contributed by atoms with Crippen molar-refractivity contribution < 1.29 is 9.59 Å². The Bertz CT molecular complexity index is 618. The molecule has 0 unspecified atom stereocenters. The van der Waals surface area contributed by atoms with Gasteiger partial charge in [0.05, 0.1) is 0 Å². The molecule has 0 saturated carbocycles. The molecule has 1 fully saturated rings. The molecule has 0 aromatic carbocycles. The fourth-order valence-electron chi connectivity index (χ4n) is 2.87. The van der Waals surface area contributed by atoms with Crippen LogP contribution >= 0.6 is 0 Å². The third-order valence-corrected chi connectivity index (χ3v) is 4.29. The lowest BCUT2D eigenvalue weighted by molar-refractivity contribution is -0.126. The van der Waals surface area contributed by atoms with Crippen LogP contribution in [-0.4, -0.2) is 60.0 Å². The Morgan fingerprint density at radius 1 is 1.25 bits per heavy atom. The predicted molar refractivity (Wildman–Crippen MR) is 91.7 cm³/mol. The molecule has 0 bridgehead atoms. The Labute approximate surface area is 142 Å². The minimum Gasteiger partial charge on any atom is -0.356 e. The highest BCUT2D eigenvalue weighted by Crippen LogP contribution is 2.18. The second kappa shape index (κ2) is 8.52. The highest BCUT2D eigenvalue weighted by molar-refractivity contribution is 5.79. The van der Waals surface area contributed by atoms with Crippen LogP contribution in [0.4, 0.5) is 4.79 Å². The zero-order valence-electron chi connectivity index (χ0n) is 14.4. The molecule has 24 heavy (non-hydrogen) atoms. The van der Waals surface area contributed by atoms with Gasteiger partial charge in [-0.05, 0) is 25.3 Å². The van der Waals surface area contributed by atoms with Crippen molar-refractivity contribution in [2.75, 3.05) is 33.7 Å². The van der Waals surface area contributed by atoms with Gasteiger partial charge in [0, 0.05) is 58.5 Å². The van der Waals surface area contributed by atoms with Crippen LogP contribution in [0.5, 0.6) is 0 Å². The zero-order valence-corrected chi connectivity index (χ0v) is 14.4. The molecule has 2 heterocycles. The minimum atomic E-state index is -0.0318. The molecule has 0 spiro atoms. The molecule has 7 nitrogen and oxygen atoms in total. The molecule has 1 aliphatic heterocycles. The first kappa shape index (κ1) is 18.0. The number of urea groups is 1. The topological polar surface area (TPSA) is 74.7 Å². The Morgan fingerprint density at radius 2 is 1.96 bits per heavy atom. The number of carbonyl (C=O) groups is 2. The number of amides is 3. The van der Waals surface area contributed by atoms with Crippen LogP contribution in [0.15, 0.2) is 29.2 Å². The number of pyridine rings is 1. The van der Waals surface area contributed by atoms with E-state index >= 15 is 0 Å². The van der Waals surface area contributed by atoms with Gasteiger partial charge in [0.1, 0.15) is 0 Å². The number of aryl methyl sites for hydroxylation is 1. The Morgan fingerprint density at radius 3 is 2.58 bits per heavy atom. The number of carbonyl (C=O) groups excluding carboxylic acids is 2. The Balaban J connectivity index is 1.68. The second-order valence-electron chi connectivity index (χ2n) is 6.32. The van der Waals surface area contributed by atoms with Gasteiger partial charge in [-0.1, -0.05) is 6.07 Å². The average Bonchev–Trinajstić information content (AvgIpc) is 2.59. The summed E-state index contributed by atoms with van der Waals surface area (Å²) in [5.41, 5.74) is -0.0262. The number of hydrogen-bond donors (Lipinski definition) is 1. The molecule has 2 rings (SSSR count). The molecular formula is C17H26N4O3. The van der Waals surface area contributed by atoms with E-state index in [0.717, 1.165) is 0 Å². The number of piperidine rings is 1. The van der Waals surface area contributed by atoms with Gasteiger partial charge in [-0.2, -0.15) is 0 Å². The number of nitrogens with zero attached hydrogens (tertiary/aromatic N) is 3. The summed E-state index contributed by atoms with van der Waals surface area (Å²) in [5, 5.41) is 2.94. The maximum atomic E-state index is 12.2. The van der Waals surface area contributed by atoms with Gasteiger partial charge in [-0.15, -0.1) is 0 Å². The van der Waals surface area contributed by atoms with Crippen LogP contribution in [0.2, 0.25) is 0 Å². The van der Waals surface area contributed by atoms with Gasteiger partial charge >= 0.3 is 6.03 Å². The lowest BCUT2D eigenvalue weighted by Crippen LogP contribution is -2.46. The van der Waals surface area contributed by atoms with Gasteiger partial charge < -0.3 is 19.7 Å². The summed E-state index contributed by atoms with van der Waals surface area (Å²) in [7, 11) is 3.47. The normalized spacial score (nSPS) is 15.2. The molecule has 7 heteroatoms. The van der Waals surface area contributed by atoms with Crippen molar-refractivity contribution in [2.24, 2.45) is 5.92 Å². The summed E-state index contributed by atoms with van der Waals surface area (Å²) in [5.74, 6) is 0.0167. The molecule has 0 radical (unpaired) electrons. The summed E-state index contributed by atoms with van der Waals surface area (Å²) in [6.07, 6.45) is 3.86. The van der Waals surface area contributed by atoms with E-state index in [1.807, 2.05) is 6.07 Å². The molecule has 0 aliphatic carbocycles. The quantitative estimate of drug-likeness (QED) is 0.808. The lowest BCUT2D eigenvalue weighted by atomic mass is 9.96. The van der Waals surface area contributed by atoms with Crippen molar-refractivity contribution in [3.8, 4) is 0 Å². The van der Waals surface area contributed by atoms with Gasteiger partial charge in [-0.3, -0.25) is 9.59 Å². The predicted octanol–water partition coefficient (Wildman–Crippen LogP) is 0.748. The largest absolute Gasteiger partial charge is 0.356 e. The minimum absolute atomic E-state index is 0.00200. The molecule has 0 atom stereocenters. The molecule has 1 aromatic rings. The molecular weight excluding hydrogens is 308 g/mol. The second-order valence-corrected chi connectivity index (χ2v) is 6.32. The molecule has 132 valence electrons. The molecule has 1 aromatic heterocycles. The smallest absolute Gasteiger partial charge is 0.319 e. The molecule has 1 aliphatic rings. The van der Waals surface area contributed by atoms with E-state index in [1.165, 1.54) is 6.07 Å². The van der Waals surface area contributed by atoms with Crippen molar-refractivity contribution in [3.05, 3.63) is 34.7 Å². The first-order chi connectivity index (χ1) is 11.5. The van der Waals surface area contributed by atoms with Crippen LogP contribution in [0.25, 0.3) is 0 Å². The highest BCUT2D eigenvalue weighted by Gasteiger charge is 2.27. The van der Waals surface area contributed by atoms with Crippen molar-refractivity contribution in [1.29, 1.82) is 0 Å². The molecule has 3 amide bonds. The summed E-state index contributed by atoms with van der Waals surface area (Å²) < 4.78 is 1.64. The summed E-state index contributed by atoms with van der Waals surface area (Å²) >= 11 is 0. The number of rotatable bonds is 5. The van der Waals surface area contributed by atoms with Gasteiger partial charge in [0.2, 0.25) is 11.5 Å². The monoisotopic (exact) mass is 334 g/mol. The van der Waals surface area contributed by atoms with Crippen molar-refractivity contribution >= 4 is 11.9 Å². The van der Waals surface area contributed by atoms with Gasteiger partial charge in [0.25, 0.3) is 0 Å². The first-order valence-electron chi connectivity index (χ1n) is 8.38. The third kappa shape index (κ3) is 4.84. The van der Waals surface area contributed by atoms with E-state index in [1.54, 1.807) is 40.7 Å². The first-order valence-corrected chi connectivity index (χ1v) is 8.38. The van der Waals surface area contributed by atoms with E-state index in [4.69, 9.17) is 0 Å². The average molecular weight is 334 g/mol. The van der Waals surface area contributed by atoms with Crippen LogP contribution in [-0.2, 0) is 11.3 Å². The standard InChI is InChI=1S/C17H26N4O3/c1-19(2)17(24)21-12-7-14(8-13-21)16(23)18-9-5-11-20-10-4-3-6-15(20)22/h3-4,6,10,14H,5,7-9,11-13H2,1-2H3,(H,18,23). The van der Waals surface area contributed by atoms with E-state index < -0.39 is 0 Å². The van der Waals surface area contributed by atoms with E-state index in [-0.39, 0.29) is 23.4 Å². The van der Waals surface area contributed by atoms with Crippen molar-refractivity contribution in [3.63, 3.8) is 0 Å². The SMILES string of the molecule is CN(C)C(=O)N1CCC(C(=O)NCCCn2ccccc2=O)CC1. The van der Waals surface area contributed by atoms with E-state index in [9.17, 15) is 14.4 Å². The van der Waals surface area contributed by atoms with Crippen molar-refractivity contribution in [1.82, 2.24) is 19.7 Å². The Hall–Kier alpha value is -2.31. The van der Waals surface area contributed by atoms with E-state index in [0.29, 0.717) is 45.4 Å². The highest BCUT2D eigenvalue weighted by atomic mass is 16.2. The molecule has 1 saturated heterocycles. The maximum Gasteiger partial charge on any atom is 0.319 e. The number of likely N-dealkylation sites (tertiary alicyclic amines) is 1. The fourth-order valence-corrected chi connectivity index (χ4v) is 2.87. The zero-order chi connectivity index (χ0) is 17.5. The van der Waals surface area contributed by atoms with Crippen LogP contribution in [0.3, 0.4) is 0 Å². The molecule has 1 N–H and O–H groups in total. The van der Waals surface area contributed by atoms with Gasteiger partial charge in [0.15, 0.2) is 0 Å². The third-order valence-electron chi connectivity index (χ3n) is 4.29. The summed E-state index contributed by atoms with van der Waals surface area (Å²) in [6.45, 7) is 2.38. The van der Waals surface area contributed by atoms with E-state index in [2.05, 4.69) is 5.32 Å². The van der Waals surface area contributed by atoms with Crippen LogP contribution in [0.1, 0.15) is 19.3 Å². The van der Waals surface area contributed by atoms with Crippen LogP contribution in [0, 0.1) is 5.92 Å².